The van der Waals surface area contributed by atoms with Gasteiger partial charge in [0, 0.05) is 5.71 Å². The first-order valence-electron chi connectivity index (χ1n) is 7.82. The Bertz CT molecular complexity index is 702. The molecule has 1 atom stereocenters. The predicted octanol–water partition coefficient (Wildman–Crippen LogP) is 5.08. The number of aliphatic imine (C=N–C) groups is 1. The first-order chi connectivity index (χ1) is 11.0. The highest BCUT2D eigenvalue weighted by molar-refractivity contribution is 6.02. The quantitative estimate of drug-likeness (QED) is 0.771. The predicted molar refractivity (Wildman–Crippen MR) is 87.1 cm³/mol. The maximum atomic E-state index is 13.9. The van der Waals surface area contributed by atoms with E-state index >= 15 is 0 Å². The summed E-state index contributed by atoms with van der Waals surface area (Å²) in [4.78, 5) is 4.54. The topological polar surface area (TPSA) is 21.6 Å². The molecule has 4 heteroatoms. The molecule has 0 radical (unpaired) electrons. The molecule has 2 aromatic rings. The Morgan fingerprint density at radius 2 is 1.70 bits per heavy atom. The van der Waals surface area contributed by atoms with Crippen molar-refractivity contribution in [3.05, 3.63) is 65.2 Å². The van der Waals surface area contributed by atoms with E-state index in [-0.39, 0.29) is 17.7 Å². The standard InChI is InChI=1S/C19H19F2NO/c1-12(2)23-14-8-6-13(7-9-14)17-10-11-18(22-17)19-15(20)4-3-5-16(19)21/h3-9,12,17H,10-11H2,1-2H3. The van der Waals surface area contributed by atoms with Crippen LogP contribution in [0, 0.1) is 11.6 Å². The van der Waals surface area contributed by atoms with Gasteiger partial charge in [0.15, 0.2) is 0 Å². The van der Waals surface area contributed by atoms with E-state index in [0.29, 0.717) is 12.1 Å². The first kappa shape index (κ1) is 15.7. The zero-order chi connectivity index (χ0) is 16.4. The molecule has 0 fully saturated rings. The molecule has 0 amide bonds. The van der Waals surface area contributed by atoms with Gasteiger partial charge in [-0.1, -0.05) is 18.2 Å². The molecular formula is C19H19F2NO. The SMILES string of the molecule is CC(C)Oc1ccc(C2CCC(c3c(F)cccc3F)=N2)cc1. The van der Waals surface area contributed by atoms with E-state index in [1.807, 2.05) is 38.1 Å². The summed E-state index contributed by atoms with van der Waals surface area (Å²) >= 11 is 0. The molecule has 0 aliphatic carbocycles. The summed E-state index contributed by atoms with van der Waals surface area (Å²) in [5, 5.41) is 0. The number of ether oxygens (including phenoxy) is 1. The fraction of sp³-hybridized carbons (Fsp3) is 0.316. The van der Waals surface area contributed by atoms with Gasteiger partial charge >= 0.3 is 0 Å². The minimum absolute atomic E-state index is 0.00904. The van der Waals surface area contributed by atoms with E-state index in [0.717, 1.165) is 17.7 Å². The van der Waals surface area contributed by atoms with Gasteiger partial charge in [0.2, 0.25) is 0 Å². The minimum atomic E-state index is -0.551. The molecule has 1 aliphatic heterocycles. The second-order valence-electron chi connectivity index (χ2n) is 5.96. The molecule has 0 saturated carbocycles. The van der Waals surface area contributed by atoms with Crippen LogP contribution in [0.4, 0.5) is 8.78 Å². The molecule has 23 heavy (non-hydrogen) atoms. The van der Waals surface area contributed by atoms with Gasteiger partial charge in [0.25, 0.3) is 0 Å². The van der Waals surface area contributed by atoms with Gasteiger partial charge in [-0.3, -0.25) is 4.99 Å². The summed E-state index contributed by atoms with van der Waals surface area (Å²) in [5.41, 5.74) is 1.55. The van der Waals surface area contributed by atoms with Crippen LogP contribution in [0.2, 0.25) is 0 Å². The molecule has 0 spiro atoms. The van der Waals surface area contributed by atoms with Gasteiger partial charge in [-0.05, 0) is 56.5 Å². The molecule has 2 nitrogen and oxygen atoms in total. The molecule has 1 heterocycles. The third-order valence-electron chi connectivity index (χ3n) is 3.85. The van der Waals surface area contributed by atoms with Gasteiger partial charge in [-0.25, -0.2) is 8.78 Å². The summed E-state index contributed by atoms with van der Waals surface area (Å²) in [5.74, 6) is -0.290. The third-order valence-corrected chi connectivity index (χ3v) is 3.85. The van der Waals surface area contributed by atoms with Gasteiger partial charge in [0.1, 0.15) is 17.4 Å². The monoisotopic (exact) mass is 315 g/mol. The van der Waals surface area contributed by atoms with Gasteiger partial charge in [-0.15, -0.1) is 0 Å². The number of halogens is 2. The zero-order valence-corrected chi connectivity index (χ0v) is 13.2. The number of hydrogen-bond donors (Lipinski definition) is 0. The zero-order valence-electron chi connectivity index (χ0n) is 13.2. The Balaban J connectivity index is 1.82. The lowest BCUT2D eigenvalue weighted by Crippen LogP contribution is -2.05. The van der Waals surface area contributed by atoms with Crippen LogP contribution in [0.3, 0.4) is 0 Å². The summed E-state index contributed by atoms with van der Waals surface area (Å²) in [7, 11) is 0. The smallest absolute Gasteiger partial charge is 0.135 e. The number of benzene rings is 2. The fourth-order valence-electron chi connectivity index (χ4n) is 2.84. The summed E-state index contributed by atoms with van der Waals surface area (Å²) in [6.07, 6.45) is 1.46. The molecule has 0 saturated heterocycles. The Hall–Kier alpha value is -2.23. The second-order valence-corrected chi connectivity index (χ2v) is 5.96. The average Bonchev–Trinajstić information content (AvgIpc) is 2.97. The molecule has 1 aliphatic rings. The van der Waals surface area contributed by atoms with Crippen LogP contribution in [0.15, 0.2) is 47.5 Å². The van der Waals surface area contributed by atoms with Crippen LogP contribution in [-0.2, 0) is 0 Å². The highest BCUT2D eigenvalue weighted by Crippen LogP contribution is 2.33. The largest absolute Gasteiger partial charge is 0.491 e. The third kappa shape index (κ3) is 3.41. The van der Waals surface area contributed by atoms with Crippen molar-refractivity contribution < 1.29 is 13.5 Å². The minimum Gasteiger partial charge on any atom is -0.491 e. The molecule has 3 rings (SSSR count). The fourth-order valence-corrected chi connectivity index (χ4v) is 2.84. The average molecular weight is 315 g/mol. The number of hydrogen-bond acceptors (Lipinski definition) is 2. The van der Waals surface area contributed by atoms with Crippen molar-refractivity contribution in [2.75, 3.05) is 0 Å². The van der Waals surface area contributed by atoms with Crippen molar-refractivity contribution >= 4 is 5.71 Å². The summed E-state index contributed by atoms with van der Waals surface area (Å²) in [6.45, 7) is 3.95. The molecule has 2 aromatic carbocycles. The van der Waals surface area contributed by atoms with Crippen molar-refractivity contribution in [1.82, 2.24) is 0 Å². The highest BCUT2D eigenvalue weighted by atomic mass is 19.1. The van der Waals surface area contributed by atoms with Crippen molar-refractivity contribution in [2.45, 2.75) is 38.8 Å². The van der Waals surface area contributed by atoms with Gasteiger partial charge in [0.05, 0.1) is 17.7 Å². The highest BCUT2D eigenvalue weighted by Gasteiger charge is 2.24. The first-order valence-corrected chi connectivity index (χ1v) is 7.82. The summed E-state index contributed by atoms with van der Waals surface area (Å²) < 4.78 is 33.4. The Morgan fingerprint density at radius 3 is 2.30 bits per heavy atom. The number of nitrogens with zero attached hydrogens (tertiary/aromatic N) is 1. The maximum Gasteiger partial charge on any atom is 0.135 e. The molecule has 0 N–H and O–H groups in total. The van der Waals surface area contributed by atoms with Gasteiger partial charge < -0.3 is 4.74 Å². The number of rotatable bonds is 4. The van der Waals surface area contributed by atoms with E-state index in [1.165, 1.54) is 18.2 Å². The lowest BCUT2D eigenvalue weighted by molar-refractivity contribution is 0.242. The van der Waals surface area contributed by atoms with E-state index in [1.54, 1.807) is 0 Å². The Morgan fingerprint density at radius 1 is 1.04 bits per heavy atom. The van der Waals surface area contributed by atoms with Crippen LogP contribution >= 0.6 is 0 Å². The van der Waals surface area contributed by atoms with Crippen molar-refractivity contribution in [3.63, 3.8) is 0 Å². The van der Waals surface area contributed by atoms with Crippen LogP contribution in [0.5, 0.6) is 5.75 Å². The molecule has 0 bridgehead atoms. The van der Waals surface area contributed by atoms with Crippen molar-refractivity contribution in [2.24, 2.45) is 4.99 Å². The van der Waals surface area contributed by atoms with Gasteiger partial charge in [-0.2, -0.15) is 0 Å². The van der Waals surface area contributed by atoms with Crippen molar-refractivity contribution in [3.8, 4) is 5.75 Å². The van der Waals surface area contributed by atoms with Crippen LogP contribution in [0.25, 0.3) is 0 Å². The van der Waals surface area contributed by atoms with Crippen LogP contribution < -0.4 is 4.74 Å². The molecule has 1 unspecified atom stereocenters. The van der Waals surface area contributed by atoms with Crippen LogP contribution in [0.1, 0.15) is 43.9 Å². The molecular weight excluding hydrogens is 296 g/mol. The van der Waals surface area contributed by atoms with E-state index in [4.69, 9.17) is 4.74 Å². The van der Waals surface area contributed by atoms with E-state index < -0.39 is 11.6 Å². The Kier molecular flexibility index (Phi) is 4.42. The molecule has 120 valence electrons. The summed E-state index contributed by atoms with van der Waals surface area (Å²) in [6, 6.07) is 11.6. The van der Waals surface area contributed by atoms with Crippen molar-refractivity contribution in [1.29, 1.82) is 0 Å². The second kappa shape index (κ2) is 6.49. The lowest BCUT2D eigenvalue weighted by atomic mass is 10.0. The van der Waals surface area contributed by atoms with E-state index in [9.17, 15) is 8.78 Å². The van der Waals surface area contributed by atoms with Crippen LogP contribution in [-0.4, -0.2) is 11.8 Å². The lowest BCUT2D eigenvalue weighted by Gasteiger charge is -2.11. The maximum absolute atomic E-state index is 13.9. The Labute approximate surface area is 134 Å². The normalized spacial score (nSPS) is 17.4. The van der Waals surface area contributed by atoms with E-state index in [2.05, 4.69) is 4.99 Å². The molecule has 0 aromatic heterocycles.